The summed E-state index contributed by atoms with van der Waals surface area (Å²) >= 11 is 2.39. The van der Waals surface area contributed by atoms with E-state index in [0.717, 1.165) is 17.1 Å². The number of thioether (sulfide) groups is 1. The Bertz CT molecular complexity index is 635. The van der Waals surface area contributed by atoms with E-state index in [0.29, 0.717) is 5.16 Å². The normalized spacial score (nSPS) is 11.4. The van der Waals surface area contributed by atoms with Crippen molar-refractivity contribution in [3.05, 3.63) is 29.8 Å². The van der Waals surface area contributed by atoms with E-state index in [9.17, 15) is 8.42 Å². The second-order valence-corrected chi connectivity index (χ2v) is 6.71. The summed E-state index contributed by atoms with van der Waals surface area (Å²) in [5.74, 6) is 0. The van der Waals surface area contributed by atoms with Gasteiger partial charge in [0.05, 0.1) is 4.90 Å². The molecule has 0 aliphatic carbocycles. The van der Waals surface area contributed by atoms with E-state index in [1.54, 1.807) is 24.3 Å². The van der Waals surface area contributed by atoms with Crippen molar-refractivity contribution in [3.8, 4) is 0 Å². The van der Waals surface area contributed by atoms with E-state index in [1.165, 1.54) is 11.8 Å². The third-order valence-electron chi connectivity index (χ3n) is 2.14. The van der Waals surface area contributed by atoms with Gasteiger partial charge in [-0.05, 0) is 25.3 Å². The molecule has 0 saturated heterocycles. The summed E-state index contributed by atoms with van der Waals surface area (Å²) in [6.45, 7) is 1.90. The molecule has 0 atom stereocenters. The number of nitrogens with one attached hydrogen (secondary N) is 1. The highest BCUT2D eigenvalue weighted by Gasteiger charge is 2.16. The van der Waals surface area contributed by atoms with Crippen LogP contribution >= 0.6 is 23.3 Å². The highest BCUT2D eigenvalue weighted by molar-refractivity contribution is 7.98. The molecule has 0 bridgehead atoms. The first-order chi connectivity index (χ1) is 8.51. The molecular formula is C10H11N3O2S3. The number of anilines is 1. The first kappa shape index (κ1) is 13.3. The number of hydrogen-bond acceptors (Lipinski definition) is 6. The Morgan fingerprint density at radius 2 is 1.94 bits per heavy atom. The lowest BCUT2D eigenvalue weighted by atomic mass is 10.2. The van der Waals surface area contributed by atoms with E-state index in [1.807, 2.05) is 13.2 Å². The van der Waals surface area contributed by atoms with Crippen LogP contribution in [0.15, 0.2) is 34.3 Å². The summed E-state index contributed by atoms with van der Waals surface area (Å²) in [4.78, 5) is 4.25. The highest BCUT2D eigenvalue weighted by Crippen LogP contribution is 2.21. The quantitative estimate of drug-likeness (QED) is 0.878. The summed E-state index contributed by atoms with van der Waals surface area (Å²) in [7, 11) is -3.58. The van der Waals surface area contributed by atoms with Crippen LogP contribution in [0.1, 0.15) is 5.56 Å². The minimum Gasteiger partial charge on any atom is -0.253 e. The minimum absolute atomic E-state index is 0.217. The largest absolute Gasteiger partial charge is 0.263 e. The molecule has 1 aromatic heterocycles. The molecule has 96 valence electrons. The second-order valence-electron chi connectivity index (χ2n) is 3.50. The van der Waals surface area contributed by atoms with Crippen molar-refractivity contribution in [2.75, 3.05) is 11.0 Å². The van der Waals surface area contributed by atoms with Crippen molar-refractivity contribution >= 4 is 38.4 Å². The van der Waals surface area contributed by atoms with Crippen molar-refractivity contribution in [2.24, 2.45) is 0 Å². The van der Waals surface area contributed by atoms with Crippen LogP contribution in [0.3, 0.4) is 0 Å². The number of hydrogen-bond donors (Lipinski definition) is 1. The molecule has 2 aromatic rings. The molecule has 0 fully saturated rings. The molecular weight excluding hydrogens is 290 g/mol. The maximum atomic E-state index is 12.0. The molecule has 1 heterocycles. The maximum absolute atomic E-state index is 12.0. The Hall–Kier alpha value is -1.12. The second kappa shape index (κ2) is 5.25. The summed E-state index contributed by atoms with van der Waals surface area (Å²) in [5, 5.41) is 0.835. The van der Waals surface area contributed by atoms with Gasteiger partial charge in [0.2, 0.25) is 10.3 Å². The summed E-state index contributed by atoms with van der Waals surface area (Å²) in [6.07, 6.45) is 1.83. The van der Waals surface area contributed by atoms with E-state index >= 15 is 0 Å². The van der Waals surface area contributed by atoms with Crippen LogP contribution in [0, 0.1) is 6.92 Å². The van der Waals surface area contributed by atoms with Gasteiger partial charge in [0, 0.05) is 11.5 Å². The SMILES string of the molecule is CSc1nsc(NS(=O)(=O)c2ccc(C)cc2)n1. The van der Waals surface area contributed by atoms with Crippen LogP contribution in [-0.4, -0.2) is 24.0 Å². The summed E-state index contributed by atoms with van der Waals surface area (Å²) in [5.41, 5.74) is 1.01. The van der Waals surface area contributed by atoms with Crippen molar-refractivity contribution in [1.82, 2.24) is 9.36 Å². The van der Waals surface area contributed by atoms with Crippen molar-refractivity contribution in [3.63, 3.8) is 0 Å². The van der Waals surface area contributed by atoms with Gasteiger partial charge in [-0.2, -0.15) is 9.36 Å². The van der Waals surface area contributed by atoms with Crippen LogP contribution in [-0.2, 0) is 10.0 Å². The molecule has 2 rings (SSSR count). The van der Waals surface area contributed by atoms with Gasteiger partial charge in [0.1, 0.15) is 0 Å². The van der Waals surface area contributed by atoms with E-state index in [-0.39, 0.29) is 10.0 Å². The fraction of sp³-hybridized carbons (Fsp3) is 0.200. The van der Waals surface area contributed by atoms with E-state index in [4.69, 9.17) is 0 Å². The Labute approximate surface area is 114 Å². The lowest BCUT2D eigenvalue weighted by Crippen LogP contribution is -2.12. The molecule has 0 aliphatic rings. The lowest BCUT2D eigenvalue weighted by molar-refractivity contribution is 0.601. The third-order valence-corrected chi connectivity index (χ3v) is 4.92. The molecule has 0 aliphatic heterocycles. The molecule has 0 radical (unpaired) electrons. The molecule has 0 unspecified atom stereocenters. The van der Waals surface area contributed by atoms with Crippen molar-refractivity contribution in [1.29, 1.82) is 0 Å². The number of sulfonamides is 1. The standard InChI is InChI=1S/C10H11N3O2S3/c1-7-3-5-8(6-4-7)18(14,15)13-10-11-9(16-2)12-17-10/h3-6H,1-2H3,(H,11,12,13). The third kappa shape index (κ3) is 3.01. The maximum Gasteiger partial charge on any atom is 0.263 e. The van der Waals surface area contributed by atoms with Crippen molar-refractivity contribution < 1.29 is 8.42 Å². The molecule has 8 heteroatoms. The average Bonchev–Trinajstić information content (AvgIpc) is 2.76. The van der Waals surface area contributed by atoms with Gasteiger partial charge < -0.3 is 0 Å². The van der Waals surface area contributed by atoms with Gasteiger partial charge >= 0.3 is 0 Å². The van der Waals surface area contributed by atoms with Crippen molar-refractivity contribution in [2.45, 2.75) is 17.0 Å². The van der Waals surface area contributed by atoms with Gasteiger partial charge in [0.25, 0.3) is 10.0 Å². The Morgan fingerprint density at radius 1 is 1.28 bits per heavy atom. The molecule has 1 aromatic carbocycles. The number of benzene rings is 1. The predicted molar refractivity (Wildman–Crippen MR) is 73.7 cm³/mol. The van der Waals surface area contributed by atoms with Crippen LogP contribution in [0.25, 0.3) is 0 Å². The summed E-state index contributed by atoms with van der Waals surface area (Å²) in [6, 6.07) is 6.63. The number of rotatable bonds is 4. The molecule has 0 amide bonds. The fourth-order valence-electron chi connectivity index (χ4n) is 1.23. The highest BCUT2D eigenvalue weighted by atomic mass is 32.2. The van der Waals surface area contributed by atoms with Crippen LogP contribution < -0.4 is 4.72 Å². The van der Waals surface area contributed by atoms with Crippen LogP contribution in [0.4, 0.5) is 5.13 Å². The lowest BCUT2D eigenvalue weighted by Gasteiger charge is -2.04. The summed E-state index contributed by atoms with van der Waals surface area (Å²) < 4.78 is 30.5. The van der Waals surface area contributed by atoms with Gasteiger partial charge in [0.15, 0.2) is 0 Å². The average molecular weight is 301 g/mol. The zero-order valence-corrected chi connectivity index (χ0v) is 12.2. The van der Waals surface area contributed by atoms with Crippen LogP contribution in [0.2, 0.25) is 0 Å². The molecule has 18 heavy (non-hydrogen) atoms. The molecule has 1 N–H and O–H groups in total. The predicted octanol–water partition coefficient (Wildman–Crippen LogP) is 2.37. The molecule has 0 spiro atoms. The van der Waals surface area contributed by atoms with Gasteiger partial charge in [-0.1, -0.05) is 29.5 Å². The first-order valence-corrected chi connectivity index (χ1v) is 8.46. The number of aromatic nitrogens is 2. The van der Waals surface area contributed by atoms with E-state index < -0.39 is 10.0 Å². The van der Waals surface area contributed by atoms with Gasteiger partial charge in [-0.25, -0.2) is 8.42 Å². The first-order valence-electron chi connectivity index (χ1n) is 4.98. The fourth-order valence-corrected chi connectivity index (χ4v) is 3.57. The Morgan fingerprint density at radius 3 is 2.50 bits per heavy atom. The zero-order chi connectivity index (χ0) is 13.2. The monoisotopic (exact) mass is 301 g/mol. The van der Waals surface area contributed by atoms with Gasteiger partial charge in [-0.3, -0.25) is 4.72 Å². The molecule has 0 saturated carbocycles. The van der Waals surface area contributed by atoms with Gasteiger partial charge in [-0.15, -0.1) is 0 Å². The number of nitrogens with zero attached hydrogens (tertiary/aromatic N) is 2. The minimum atomic E-state index is -3.58. The topological polar surface area (TPSA) is 72.0 Å². The number of aryl methyl sites for hydroxylation is 1. The Balaban J connectivity index is 2.24. The van der Waals surface area contributed by atoms with Crippen LogP contribution in [0.5, 0.6) is 0 Å². The Kier molecular flexibility index (Phi) is 3.88. The molecule has 5 nitrogen and oxygen atoms in total. The van der Waals surface area contributed by atoms with E-state index in [2.05, 4.69) is 14.1 Å². The smallest absolute Gasteiger partial charge is 0.253 e. The zero-order valence-electron chi connectivity index (χ0n) is 9.75.